The Morgan fingerprint density at radius 3 is 1.92 bits per heavy atom. The van der Waals surface area contributed by atoms with Crippen molar-refractivity contribution in [2.24, 2.45) is 0 Å². The molecule has 0 radical (unpaired) electrons. The van der Waals surface area contributed by atoms with Gasteiger partial charge in [-0.3, -0.25) is 14.5 Å². The SMILES string of the molecule is N#CCN(C(=O)c1ccccc1)c1cccc(C(=O)Nc2ccc(C(F)(C(F)(F)F)C(F)(F)F)cc2)c1F. The van der Waals surface area contributed by atoms with Gasteiger partial charge in [0.25, 0.3) is 11.8 Å². The molecule has 5 nitrogen and oxygen atoms in total. The lowest BCUT2D eigenvalue weighted by atomic mass is 9.94. The number of carbonyl (C=O) groups excluding carboxylic acids is 2. The van der Waals surface area contributed by atoms with Crippen LogP contribution in [0.4, 0.5) is 46.5 Å². The first-order chi connectivity index (χ1) is 17.7. The number of nitrogens with zero attached hydrogens (tertiary/aromatic N) is 2. The Labute approximate surface area is 209 Å². The number of nitrogens with one attached hydrogen (secondary N) is 1. The van der Waals surface area contributed by atoms with Crippen molar-refractivity contribution in [2.75, 3.05) is 16.8 Å². The minimum absolute atomic E-state index is 0.124. The molecule has 0 aliphatic carbocycles. The van der Waals surface area contributed by atoms with Crippen LogP contribution >= 0.6 is 0 Å². The second-order valence-corrected chi connectivity index (χ2v) is 7.74. The first kappa shape index (κ1) is 28.1. The fourth-order valence-corrected chi connectivity index (χ4v) is 3.45. The molecule has 0 bridgehead atoms. The summed E-state index contributed by atoms with van der Waals surface area (Å²) in [6.07, 6.45) is -12.6. The van der Waals surface area contributed by atoms with Crippen LogP contribution in [0.5, 0.6) is 0 Å². The lowest BCUT2D eigenvalue weighted by molar-refractivity contribution is -0.348. The van der Waals surface area contributed by atoms with Gasteiger partial charge in [-0.1, -0.05) is 36.4 Å². The molecular weight excluding hydrogens is 526 g/mol. The molecule has 198 valence electrons. The van der Waals surface area contributed by atoms with Gasteiger partial charge >= 0.3 is 18.0 Å². The van der Waals surface area contributed by atoms with E-state index >= 15 is 4.39 Å². The zero-order valence-corrected chi connectivity index (χ0v) is 18.9. The molecule has 0 unspecified atom stereocenters. The third-order valence-corrected chi connectivity index (χ3v) is 5.33. The Morgan fingerprint density at radius 2 is 1.39 bits per heavy atom. The molecule has 2 amide bonds. The molecule has 3 rings (SSSR count). The van der Waals surface area contributed by atoms with Gasteiger partial charge in [0.15, 0.2) is 5.82 Å². The van der Waals surface area contributed by atoms with Crippen LogP contribution in [-0.2, 0) is 5.67 Å². The van der Waals surface area contributed by atoms with Crippen LogP contribution < -0.4 is 10.2 Å². The highest BCUT2D eigenvalue weighted by Gasteiger charge is 2.73. The van der Waals surface area contributed by atoms with Crippen molar-refractivity contribution in [3.8, 4) is 6.07 Å². The van der Waals surface area contributed by atoms with Crippen molar-refractivity contribution in [3.63, 3.8) is 0 Å². The van der Waals surface area contributed by atoms with E-state index in [1.807, 2.05) is 0 Å². The van der Waals surface area contributed by atoms with Gasteiger partial charge < -0.3 is 5.32 Å². The van der Waals surface area contributed by atoms with E-state index < -0.39 is 59.0 Å². The summed E-state index contributed by atoms with van der Waals surface area (Å²) in [6, 6.07) is 14.2. The van der Waals surface area contributed by atoms with Crippen LogP contribution in [0.25, 0.3) is 0 Å². The highest BCUT2D eigenvalue weighted by Crippen LogP contribution is 2.53. The summed E-state index contributed by atoms with van der Waals surface area (Å²) >= 11 is 0. The predicted octanol–water partition coefficient (Wildman–Crippen LogP) is 6.54. The van der Waals surface area contributed by atoms with E-state index in [-0.39, 0.29) is 23.4 Å². The zero-order chi connectivity index (χ0) is 28.3. The number of rotatable bonds is 6. The van der Waals surface area contributed by atoms with Crippen LogP contribution in [0.15, 0.2) is 72.8 Å². The fraction of sp³-hybridized carbons (Fsp3) is 0.160. The van der Waals surface area contributed by atoms with Gasteiger partial charge in [0.1, 0.15) is 6.54 Å². The number of benzene rings is 3. The van der Waals surface area contributed by atoms with Crippen LogP contribution in [0, 0.1) is 17.1 Å². The average Bonchev–Trinajstić information content (AvgIpc) is 2.86. The number of hydrogen-bond acceptors (Lipinski definition) is 3. The molecule has 0 saturated carbocycles. The van der Waals surface area contributed by atoms with E-state index in [4.69, 9.17) is 5.26 Å². The van der Waals surface area contributed by atoms with Crippen molar-refractivity contribution in [1.82, 2.24) is 0 Å². The molecular formula is C25H15F8N3O2. The highest BCUT2D eigenvalue weighted by molar-refractivity contribution is 6.08. The summed E-state index contributed by atoms with van der Waals surface area (Å²) in [5, 5.41) is 11.2. The zero-order valence-electron chi connectivity index (χ0n) is 18.9. The summed E-state index contributed by atoms with van der Waals surface area (Å²) in [5.74, 6) is -3.15. The summed E-state index contributed by atoms with van der Waals surface area (Å²) in [6.45, 7) is -0.583. The fourth-order valence-electron chi connectivity index (χ4n) is 3.45. The molecule has 0 spiro atoms. The quantitative estimate of drug-likeness (QED) is 0.285. The Kier molecular flexibility index (Phi) is 7.76. The first-order valence-corrected chi connectivity index (χ1v) is 10.5. The third-order valence-electron chi connectivity index (χ3n) is 5.33. The first-order valence-electron chi connectivity index (χ1n) is 10.5. The summed E-state index contributed by atoms with van der Waals surface area (Å²) in [5.41, 5.74) is -8.75. The molecule has 38 heavy (non-hydrogen) atoms. The van der Waals surface area contributed by atoms with Gasteiger partial charge in [0, 0.05) is 16.8 Å². The number of amides is 2. The second-order valence-electron chi connectivity index (χ2n) is 7.74. The van der Waals surface area contributed by atoms with Crippen LogP contribution in [0.1, 0.15) is 26.3 Å². The van der Waals surface area contributed by atoms with E-state index in [2.05, 4.69) is 5.32 Å². The molecule has 1 N–H and O–H groups in total. The molecule has 3 aromatic carbocycles. The lowest BCUT2D eigenvalue weighted by Crippen LogP contribution is -2.50. The number of hydrogen-bond donors (Lipinski definition) is 1. The summed E-state index contributed by atoms with van der Waals surface area (Å²) in [7, 11) is 0. The number of alkyl halides is 7. The van der Waals surface area contributed by atoms with Crippen LogP contribution in [0.3, 0.4) is 0 Å². The van der Waals surface area contributed by atoms with E-state index in [0.717, 1.165) is 17.0 Å². The molecule has 0 aliphatic rings. The average molecular weight is 541 g/mol. The molecule has 13 heteroatoms. The Bertz CT molecular complexity index is 1350. The van der Waals surface area contributed by atoms with Crippen LogP contribution in [-0.4, -0.2) is 30.7 Å². The van der Waals surface area contributed by atoms with E-state index in [9.17, 15) is 40.3 Å². The monoisotopic (exact) mass is 541 g/mol. The van der Waals surface area contributed by atoms with Crippen molar-refractivity contribution in [2.45, 2.75) is 18.0 Å². The standard InChI is InChI=1S/C25H15F8N3O2/c26-20-18(7-4-8-19(20)36(14-13-34)22(38)15-5-2-1-3-6-15)21(37)35-17-11-9-16(10-12-17)23(27,24(28,29)30)25(31,32)33/h1-12H,14H2,(H,35,37). The smallest absolute Gasteiger partial charge is 0.322 e. The molecule has 0 atom stereocenters. The number of nitriles is 1. The number of anilines is 2. The minimum Gasteiger partial charge on any atom is -0.322 e. The molecule has 0 saturated heterocycles. The predicted molar refractivity (Wildman–Crippen MR) is 119 cm³/mol. The number of carbonyl (C=O) groups is 2. The molecule has 0 aliphatic heterocycles. The second kappa shape index (κ2) is 10.5. The van der Waals surface area contributed by atoms with Gasteiger partial charge in [0.05, 0.1) is 17.3 Å². The van der Waals surface area contributed by atoms with Gasteiger partial charge in [-0.25, -0.2) is 8.78 Å². The lowest BCUT2D eigenvalue weighted by Gasteiger charge is -2.30. The summed E-state index contributed by atoms with van der Waals surface area (Å²) in [4.78, 5) is 26.3. The summed E-state index contributed by atoms with van der Waals surface area (Å²) < 4.78 is 107. The number of halogens is 8. The topological polar surface area (TPSA) is 73.2 Å². The maximum atomic E-state index is 15.3. The van der Waals surface area contributed by atoms with Gasteiger partial charge in [-0.2, -0.15) is 31.6 Å². The van der Waals surface area contributed by atoms with Crippen molar-refractivity contribution >= 4 is 23.2 Å². The molecule has 0 heterocycles. The molecule has 0 aromatic heterocycles. The molecule has 0 fully saturated rings. The highest BCUT2D eigenvalue weighted by atomic mass is 19.4. The third kappa shape index (κ3) is 5.29. The maximum absolute atomic E-state index is 15.3. The van der Waals surface area contributed by atoms with Gasteiger partial charge in [0.2, 0.25) is 0 Å². The Hall–Kier alpha value is -4.47. The van der Waals surface area contributed by atoms with Gasteiger partial charge in [-0.05, 0) is 36.4 Å². The van der Waals surface area contributed by atoms with Crippen LogP contribution in [0.2, 0.25) is 0 Å². The Morgan fingerprint density at radius 1 is 0.816 bits per heavy atom. The Balaban J connectivity index is 1.90. The van der Waals surface area contributed by atoms with Crippen molar-refractivity contribution < 1.29 is 44.7 Å². The van der Waals surface area contributed by atoms with E-state index in [0.29, 0.717) is 12.1 Å². The largest absolute Gasteiger partial charge is 0.435 e. The minimum atomic E-state index is -6.31. The normalized spacial score (nSPS) is 12.0. The van der Waals surface area contributed by atoms with E-state index in [1.54, 1.807) is 24.3 Å². The molecule has 3 aromatic rings. The van der Waals surface area contributed by atoms with Gasteiger partial charge in [-0.15, -0.1) is 0 Å². The van der Waals surface area contributed by atoms with Crippen molar-refractivity contribution in [3.05, 3.63) is 95.3 Å². The van der Waals surface area contributed by atoms with Crippen molar-refractivity contribution in [1.29, 1.82) is 5.26 Å². The maximum Gasteiger partial charge on any atom is 0.435 e. The van der Waals surface area contributed by atoms with E-state index in [1.165, 1.54) is 18.2 Å².